The Morgan fingerprint density at radius 1 is 0.909 bits per heavy atom. The molecule has 2 amide bonds. The van der Waals surface area contributed by atoms with Gasteiger partial charge in [-0.25, -0.2) is 9.69 Å². The minimum Gasteiger partial charge on any atom is -0.496 e. The van der Waals surface area contributed by atoms with E-state index in [1.54, 1.807) is 36.4 Å². The number of benzene rings is 2. The molecule has 0 N–H and O–H groups in total. The van der Waals surface area contributed by atoms with Crippen LogP contribution in [0.5, 0.6) is 17.2 Å². The number of imide groups is 1. The zero-order valence-electron chi connectivity index (χ0n) is 18.5. The lowest BCUT2D eigenvalue weighted by Gasteiger charge is -2.22. The molecule has 2 aliphatic heterocycles. The molecule has 11 heteroatoms. The van der Waals surface area contributed by atoms with Crippen molar-refractivity contribution in [1.82, 2.24) is 5.01 Å². The highest BCUT2D eigenvalue weighted by atomic mass is 16.5. The van der Waals surface area contributed by atoms with Gasteiger partial charge in [0.25, 0.3) is 11.8 Å². The lowest BCUT2D eigenvalue weighted by Crippen LogP contribution is -2.39. The fraction of sp³-hybridized carbons (Fsp3) is 0.318. The smallest absolute Gasteiger partial charge is 0.337 e. The molecule has 2 heterocycles. The summed E-state index contributed by atoms with van der Waals surface area (Å²) in [5, 5.41) is 9.51. The lowest BCUT2D eigenvalue weighted by atomic mass is 10.1. The van der Waals surface area contributed by atoms with Gasteiger partial charge in [0.2, 0.25) is 0 Å². The molecule has 1 fully saturated rings. The molecule has 1 saturated heterocycles. The van der Waals surface area contributed by atoms with Gasteiger partial charge in [0, 0.05) is 11.6 Å². The van der Waals surface area contributed by atoms with Crippen molar-refractivity contribution in [2.45, 2.75) is 18.6 Å². The number of anilines is 1. The Labute approximate surface area is 189 Å². The number of hydrogen-bond donors (Lipinski definition) is 0. The van der Waals surface area contributed by atoms with Crippen LogP contribution in [0, 0.1) is 0 Å². The van der Waals surface area contributed by atoms with Gasteiger partial charge >= 0.3 is 5.97 Å². The first-order valence-corrected chi connectivity index (χ1v) is 9.96. The Morgan fingerprint density at radius 3 is 2.27 bits per heavy atom. The quantitative estimate of drug-likeness (QED) is 0.460. The van der Waals surface area contributed by atoms with Crippen LogP contribution in [0.1, 0.15) is 15.9 Å². The number of methoxy groups -OCH3 is 4. The van der Waals surface area contributed by atoms with E-state index in [4.69, 9.17) is 18.9 Å². The van der Waals surface area contributed by atoms with Crippen molar-refractivity contribution in [3.63, 3.8) is 0 Å². The first-order chi connectivity index (χ1) is 15.9. The maximum Gasteiger partial charge on any atom is 0.337 e. The van der Waals surface area contributed by atoms with E-state index in [-0.39, 0.29) is 6.54 Å². The van der Waals surface area contributed by atoms with Gasteiger partial charge in [-0.3, -0.25) is 14.6 Å². The van der Waals surface area contributed by atoms with E-state index in [0.29, 0.717) is 34.1 Å². The maximum atomic E-state index is 13.3. The zero-order chi connectivity index (χ0) is 23.7. The third kappa shape index (κ3) is 3.71. The molecule has 4 rings (SSSR count). The van der Waals surface area contributed by atoms with E-state index in [1.807, 2.05) is 0 Å². The monoisotopic (exact) mass is 454 g/mol. The number of esters is 1. The van der Waals surface area contributed by atoms with Crippen LogP contribution in [0.3, 0.4) is 0 Å². The molecule has 0 saturated carbocycles. The second-order valence-corrected chi connectivity index (χ2v) is 7.26. The predicted octanol–water partition coefficient (Wildman–Crippen LogP) is 1.99. The Balaban J connectivity index is 1.62. The van der Waals surface area contributed by atoms with Crippen LogP contribution in [0.15, 0.2) is 46.7 Å². The van der Waals surface area contributed by atoms with E-state index in [0.717, 1.165) is 4.90 Å². The van der Waals surface area contributed by atoms with Gasteiger partial charge in [0.05, 0.1) is 46.2 Å². The minimum absolute atomic E-state index is 0.0947. The number of fused-ring (bicyclic) bond motifs is 1. The van der Waals surface area contributed by atoms with E-state index in [9.17, 15) is 14.4 Å². The maximum absolute atomic E-state index is 13.3. The predicted molar refractivity (Wildman–Crippen MR) is 114 cm³/mol. The minimum atomic E-state index is -0.972. The molecule has 0 aromatic heterocycles. The average molecular weight is 454 g/mol. The summed E-state index contributed by atoms with van der Waals surface area (Å²) in [6, 6.07) is 7.68. The van der Waals surface area contributed by atoms with Crippen LogP contribution >= 0.6 is 0 Å². The second kappa shape index (κ2) is 8.77. The third-order valence-electron chi connectivity index (χ3n) is 5.52. The Bertz CT molecular complexity index is 1150. The number of nitrogens with zero attached hydrogens (tertiary/aromatic N) is 4. The van der Waals surface area contributed by atoms with Gasteiger partial charge in [0.1, 0.15) is 5.75 Å². The molecule has 2 aromatic rings. The molecular formula is C22H22N4O7. The van der Waals surface area contributed by atoms with E-state index < -0.39 is 29.9 Å². The molecule has 0 unspecified atom stereocenters. The van der Waals surface area contributed by atoms with Crippen molar-refractivity contribution in [3.8, 4) is 17.2 Å². The molecule has 0 spiro atoms. The van der Waals surface area contributed by atoms with Gasteiger partial charge < -0.3 is 18.9 Å². The number of hydrogen-bond acceptors (Lipinski definition) is 10. The number of ether oxygens (including phenoxy) is 4. The largest absolute Gasteiger partial charge is 0.496 e. The highest BCUT2D eigenvalue weighted by Gasteiger charge is 2.55. The van der Waals surface area contributed by atoms with Gasteiger partial charge in [-0.2, -0.15) is 5.11 Å². The van der Waals surface area contributed by atoms with Crippen molar-refractivity contribution in [1.29, 1.82) is 0 Å². The molecule has 2 aliphatic rings. The molecule has 11 nitrogen and oxygen atoms in total. The first-order valence-electron chi connectivity index (χ1n) is 9.96. The number of rotatable bonds is 7. The normalized spacial score (nSPS) is 19.0. The summed E-state index contributed by atoms with van der Waals surface area (Å²) in [5.74, 6) is -0.111. The topological polar surface area (TPSA) is 119 Å². The number of carbonyl (C=O) groups excluding carboxylic acids is 3. The van der Waals surface area contributed by atoms with E-state index in [1.165, 1.54) is 33.4 Å². The molecule has 172 valence electrons. The van der Waals surface area contributed by atoms with E-state index in [2.05, 4.69) is 10.3 Å². The van der Waals surface area contributed by atoms with Crippen molar-refractivity contribution in [2.75, 3.05) is 33.3 Å². The van der Waals surface area contributed by atoms with Gasteiger partial charge in [0.15, 0.2) is 23.6 Å². The van der Waals surface area contributed by atoms with Crippen molar-refractivity contribution >= 4 is 23.5 Å². The molecule has 2 atom stereocenters. The molecule has 33 heavy (non-hydrogen) atoms. The number of carbonyl (C=O) groups is 3. The Kier molecular flexibility index (Phi) is 5.86. The Hall–Kier alpha value is -4.15. The summed E-state index contributed by atoms with van der Waals surface area (Å²) in [7, 11) is 5.75. The highest BCUT2D eigenvalue weighted by Crippen LogP contribution is 2.37. The highest BCUT2D eigenvalue weighted by molar-refractivity contribution is 6.25. The van der Waals surface area contributed by atoms with Crippen molar-refractivity contribution in [3.05, 3.63) is 47.5 Å². The van der Waals surface area contributed by atoms with Gasteiger partial charge in [-0.1, -0.05) is 5.22 Å². The molecule has 0 aliphatic carbocycles. The zero-order valence-corrected chi connectivity index (χ0v) is 18.5. The van der Waals surface area contributed by atoms with Crippen LogP contribution in [0.25, 0.3) is 0 Å². The van der Waals surface area contributed by atoms with Crippen LogP contribution in [-0.2, 0) is 20.9 Å². The SMILES string of the molecule is COC(=O)c1ccc(OC)c(CN2N=N[C@@H]3C(=O)N(c4ccc(OC)c(OC)c4)C(=O)[C@@H]32)c1. The van der Waals surface area contributed by atoms with Crippen LogP contribution in [0.4, 0.5) is 5.69 Å². The average Bonchev–Trinajstić information content (AvgIpc) is 3.37. The second-order valence-electron chi connectivity index (χ2n) is 7.26. The fourth-order valence-corrected chi connectivity index (χ4v) is 3.89. The number of amides is 2. The summed E-state index contributed by atoms with van der Waals surface area (Å²) < 4.78 is 20.7. The van der Waals surface area contributed by atoms with Crippen LogP contribution in [0.2, 0.25) is 0 Å². The molecule has 2 aromatic carbocycles. The van der Waals surface area contributed by atoms with Crippen LogP contribution in [-0.4, -0.2) is 63.3 Å². The van der Waals surface area contributed by atoms with Gasteiger partial charge in [-0.15, -0.1) is 0 Å². The first kappa shape index (κ1) is 22.1. The van der Waals surface area contributed by atoms with E-state index >= 15 is 0 Å². The van der Waals surface area contributed by atoms with Crippen LogP contribution < -0.4 is 19.1 Å². The molecule has 0 radical (unpaired) electrons. The summed E-state index contributed by atoms with van der Waals surface area (Å²) in [4.78, 5) is 39.3. The lowest BCUT2D eigenvalue weighted by molar-refractivity contribution is -0.123. The summed E-state index contributed by atoms with van der Waals surface area (Å²) >= 11 is 0. The summed E-state index contributed by atoms with van der Waals surface area (Å²) in [6.45, 7) is 0.0947. The fourth-order valence-electron chi connectivity index (χ4n) is 3.89. The molecular weight excluding hydrogens is 432 g/mol. The van der Waals surface area contributed by atoms with Gasteiger partial charge in [-0.05, 0) is 30.3 Å². The van der Waals surface area contributed by atoms with Crippen molar-refractivity contribution in [2.24, 2.45) is 10.3 Å². The molecule has 0 bridgehead atoms. The summed E-state index contributed by atoms with van der Waals surface area (Å²) in [6.07, 6.45) is 0. The van der Waals surface area contributed by atoms with Crippen molar-refractivity contribution < 1.29 is 33.3 Å². The third-order valence-corrected chi connectivity index (χ3v) is 5.52. The Morgan fingerprint density at radius 2 is 1.61 bits per heavy atom. The summed E-state index contributed by atoms with van der Waals surface area (Å²) in [5.41, 5.74) is 1.25. The standard InChI is InChI=1S/C22H22N4O7/c1-30-15-7-5-12(22(29)33-4)9-13(15)11-25-19-18(23-24-25)20(27)26(21(19)28)14-6-8-16(31-2)17(10-14)32-3/h5-10,18-19H,11H2,1-4H3/t18-,19+/m0/s1.